The van der Waals surface area contributed by atoms with E-state index in [9.17, 15) is 18.0 Å². The summed E-state index contributed by atoms with van der Waals surface area (Å²) in [6, 6.07) is 5.97. The zero-order chi connectivity index (χ0) is 12.7. The lowest BCUT2D eigenvalue weighted by Crippen LogP contribution is -2.18. The third kappa shape index (κ3) is 5.24. The molecule has 0 spiro atoms. The van der Waals surface area contributed by atoms with Crippen LogP contribution in [0.25, 0.3) is 0 Å². The van der Waals surface area contributed by atoms with Crippen molar-refractivity contribution in [1.82, 2.24) is 5.32 Å². The molecule has 0 heterocycles. The average Bonchev–Trinajstić information content (AvgIpc) is 2.24. The number of hydrogen-bond acceptors (Lipinski definition) is 2. The van der Waals surface area contributed by atoms with Gasteiger partial charge in [0.15, 0.2) is 0 Å². The van der Waals surface area contributed by atoms with Crippen molar-refractivity contribution >= 4 is 6.41 Å². The van der Waals surface area contributed by atoms with Crippen molar-refractivity contribution in [1.29, 1.82) is 0 Å². The Balaban J connectivity index is 2.61. The summed E-state index contributed by atoms with van der Waals surface area (Å²) >= 11 is 0. The standard InChI is InChI=1S/C11H12F3NO2/c12-11(13,14)17-10-6-2-1-4-9(10)5-3-7-15-8-16/h1-2,4,6,8H,3,5,7H2,(H,15,16). The van der Waals surface area contributed by atoms with Crippen molar-refractivity contribution in [3.05, 3.63) is 29.8 Å². The van der Waals surface area contributed by atoms with Crippen LogP contribution in [-0.2, 0) is 11.2 Å². The van der Waals surface area contributed by atoms with Gasteiger partial charge in [0.05, 0.1) is 0 Å². The summed E-state index contributed by atoms with van der Waals surface area (Å²) in [5.41, 5.74) is 0.470. The molecule has 0 fully saturated rings. The number of hydrogen-bond donors (Lipinski definition) is 1. The maximum Gasteiger partial charge on any atom is 0.573 e. The third-order valence-corrected chi connectivity index (χ3v) is 2.05. The minimum absolute atomic E-state index is 0.189. The van der Waals surface area contributed by atoms with Crippen LogP contribution in [0, 0.1) is 0 Å². The zero-order valence-corrected chi connectivity index (χ0v) is 8.96. The van der Waals surface area contributed by atoms with Gasteiger partial charge in [-0.25, -0.2) is 0 Å². The fourth-order valence-electron chi connectivity index (χ4n) is 1.37. The highest BCUT2D eigenvalue weighted by molar-refractivity contribution is 5.45. The highest BCUT2D eigenvalue weighted by Gasteiger charge is 2.31. The molecule has 0 bridgehead atoms. The van der Waals surface area contributed by atoms with Crippen molar-refractivity contribution in [2.24, 2.45) is 0 Å². The lowest BCUT2D eigenvalue weighted by atomic mass is 10.1. The molecule has 0 aliphatic rings. The SMILES string of the molecule is O=CNCCCc1ccccc1OC(F)(F)F. The first-order chi connectivity index (χ1) is 8.03. The van der Waals surface area contributed by atoms with Gasteiger partial charge in [0, 0.05) is 6.54 Å². The number of aryl methyl sites for hydroxylation is 1. The molecule has 17 heavy (non-hydrogen) atoms. The smallest absolute Gasteiger partial charge is 0.406 e. The quantitative estimate of drug-likeness (QED) is 0.618. The largest absolute Gasteiger partial charge is 0.573 e. The molecule has 0 aliphatic heterocycles. The van der Waals surface area contributed by atoms with Crippen LogP contribution in [0.1, 0.15) is 12.0 Å². The van der Waals surface area contributed by atoms with Crippen molar-refractivity contribution in [3.8, 4) is 5.75 Å². The van der Waals surface area contributed by atoms with E-state index in [2.05, 4.69) is 10.1 Å². The first kappa shape index (κ1) is 13.3. The van der Waals surface area contributed by atoms with Gasteiger partial charge in [-0.15, -0.1) is 13.2 Å². The van der Waals surface area contributed by atoms with Gasteiger partial charge in [0.25, 0.3) is 0 Å². The van der Waals surface area contributed by atoms with Crippen LogP contribution in [0.3, 0.4) is 0 Å². The lowest BCUT2D eigenvalue weighted by Gasteiger charge is -2.12. The minimum atomic E-state index is -4.68. The van der Waals surface area contributed by atoms with Crippen LogP contribution in [0.4, 0.5) is 13.2 Å². The van der Waals surface area contributed by atoms with Crippen LogP contribution in [0.15, 0.2) is 24.3 Å². The first-order valence-corrected chi connectivity index (χ1v) is 5.03. The Bertz CT molecular complexity index is 366. The summed E-state index contributed by atoms with van der Waals surface area (Å²) in [6.07, 6.45) is -3.17. The summed E-state index contributed by atoms with van der Waals surface area (Å²) in [5.74, 6) is -0.189. The molecule has 1 aromatic carbocycles. The maximum absolute atomic E-state index is 12.1. The van der Waals surface area contributed by atoms with Crippen LogP contribution in [-0.4, -0.2) is 19.3 Å². The van der Waals surface area contributed by atoms with Crippen molar-refractivity contribution < 1.29 is 22.7 Å². The van der Waals surface area contributed by atoms with E-state index in [-0.39, 0.29) is 5.75 Å². The highest BCUT2D eigenvalue weighted by atomic mass is 19.4. The first-order valence-electron chi connectivity index (χ1n) is 5.03. The van der Waals surface area contributed by atoms with E-state index >= 15 is 0 Å². The Labute approximate surface area is 96.6 Å². The monoisotopic (exact) mass is 247 g/mol. The molecule has 94 valence electrons. The van der Waals surface area contributed by atoms with Gasteiger partial charge < -0.3 is 10.1 Å². The number of carbonyl (C=O) groups excluding carboxylic acids is 1. The van der Waals surface area contributed by atoms with Gasteiger partial charge >= 0.3 is 6.36 Å². The Hall–Kier alpha value is -1.72. The Morgan fingerprint density at radius 3 is 2.65 bits per heavy atom. The average molecular weight is 247 g/mol. The van der Waals surface area contributed by atoms with Crippen LogP contribution < -0.4 is 10.1 Å². The maximum atomic E-state index is 12.1. The lowest BCUT2D eigenvalue weighted by molar-refractivity contribution is -0.274. The van der Waals surface area contributed by atoms with Crippen LogP contribution >= 0.6 is 0 Å². The fraction of sp³-hybridized carbons (Fsp3) is 0.364. The number of rotatable bonds is 6. The van der Waals surface area contributed by atoms with Crippen LogP contribution in [0.5, 0.6) is 5.75 Å². The molecule has 0 saturated heterocycles. The van der Waals surface area contributed by atoms with E-state index < -0.39 is 6.36 Å². The molecule has 0 radical (unpaired) electrons. The molecule has 1 rings (SSSR count). The van der Waals surface area contributed by atoms with Crippen LogP contribution in [0.2, 0.25) is 0 Å². The van der Waals surface area contributed by atoms with Crippen molar-refractivity contribution in [2.45, 2.75) is 19.2 Å². The van der Waals surface area contributed by atoms with Gasteiger partial charge in [-0.3, -0.25) is 4.79 Å². The summed E-state index contributed by atoms with van der Waals surface area (Å²) < 4.78 is 40.2. The van der Waals surface area contributed by atoms with Gasteiger partial charge in [0.1, 0.15) is 5.75 Å². The Morgan fingerprint density at radius 2 is 2.00 bits per heavy atom. The molecular weight excluding hydrogens is 235 g/mol. The van der Waals surface area contributed by atoms with Gasteiger partial charge in [-0.1, -0.05) is 18.2 Å². The second-order valence-corrected chi connectivity index (χ2v) is 3.33. The minimum Gasteiger partial charge on any atom is -0.406 e. The number of ether oxygens (including phenoxy) is 1. The van der Waals surface area contributed by atoms with E-state index in [0.29, 0.717) is 31.4 Å². The van der Waals surface area contributed by atoms with E-state index in [1.54, 1.807) is 12.1 Å². The molecule has 0 aliphatic carbocycles. The molecule has 3 nitrogen and oxygen atoms in total. The Morgan fingerprint density at radius 1 is 1.29 bits per heavy atom. The van der Waals surface area contributed by atoms with E-state index in [1.165, 1.54) is 12.1 Å². The number of alkyl halides is 3. The summed E-state index contributed by atoms with van der Waals surface area (Å²) in [6.45, 7) is 0.420. The predicted octanol–water partition coefficient (Wildman–Crippen LogP) is 2.26. The molecular formula is C11H12F3NO2. The molecule has 1 N–H and O–H groups in total. The van der Waals surface area contributed by atoms with E-state index in [1.807, 2.05) is 0 Å². The highest BCUT2D eigenvalue weighted by Crippen LogP contribution is 2.26. The predicted molar refractivity (Wildman–Crippen MR) is 55.5 cm³/mol. The molecule has 1 aromatic rings. The number of nitrogens with one attached hydrogen (secondary N) is 1. The molecule has 0 atom stereocenters. The molecule has 6 heteroatoms. The van der Waals surface area contributed by atoms with Gasteiger partial charge in [-0.05, 0) is 24.5 Å². The van der Waals surface area contributed by atoms with Gasteiger partial charge in [-0.2, -0.15) is 0 Å². The number of benzene rings is 1. The number of halogens is 3. The summed E-state index contributed by atoms with van der Waals surface area (Å²) in [4.78, 5) is 9.99. The fourth-order valence-corrected chi connectivity index (χ4v) is 1.37. The molecule has 1 amide bonds. The topological polar surface area (TPSA) is 38.3 Å². The summed E-state index contributed by atoms with van der Waals surface area (Å²) in [7, 11) is 0. The van der Waals surface area contributed by atoms with Crippen molar-refractivity contribution in [3.63, 3.8) is 0 Å². The number of carbonyl (C=O) groups is 1. The van der Waals surface area contributed by atoms with E-state index in [0.717, 1.165) is 0 Å². The zero-order valence-electron chi connectivity index (χ0n) is 8.96. The number of para-hydroxylation sites is 1. The normalized spacial score (nSPS) is 11.0. The molecule has 0 saturated carbocycles. The third-order valence-electron chi connectivity index (χ3n) is 2.05. The Kier molecular flexibility index (Phi) is 4.81. The molecule has 0 unspecified atom stereocenters. The molecule has 0 aromatic heterocycles. The van der Waals surface area contributed by atoms with Crippen molar-refractivity contribution in [2.75, 3.05) is 6.54 Å². The summed E-state index contributed by atoms with van der Waals surface area (Å²) in [5, 5.41) is 2.44. The second-order valence-electron chi connectivity index (χ2n) is 3.33. The van der Waals surface area contributed by atoms with E-state index in [4.69, 9.17) is 0 Å². The second kappa shape index (κ2) is 6.12. The van der Waals surface area contributed by atoms with Gasteiger partial charge in [0.2, 0.25) is 6.41 Å². The number of amides is 1.